The summed E-state index contributed by atoms with van der Waals surface area (Å²) in [6.07, 6.45) is 3.45. The van der Waals surface area contributed by atoms with E-state index in [4.69, 9.17) is 0 Å². The molecular weight excluding hydrogens is 216 g/mol. The molecule has 92 valence electrons. The van der Waals surface area contributed by atoms with Crippen molar-refractivity contribution in [3.05, 3.63) is 29.3 Å². The van der Waals surface area contributed by atoms with Gasteiger partial charge in [0.2, 0.25) is 0 Å². The molecule has 0 bridgehead atoms. The molecule has 1 aliphatic heterocycles. The lowest BCUT2D eigenvalue weighted by Crippen LogP contribution is -2.45. The average Bonchev–Trinajstić information content (AvgIpc) is 2.30. The quantitative estimate of drug-likeness (QED) is 0.821. The Bertz CT molecular complexity index is 412. The minimum atomic E-state index is -0.232. The van der Waals surface area contributed by atoms with Crippen molar-refractivity contribution in [1.29, 1.82) is 0 Å². The standard InChI is InChI=1S/C13H18N2O2/c1-10-5-6-11(12(16)9-10)13(17)14-15-7-3-2-4-8-15/h5-6,9,16H,2-4,7-8H2,1H3,(H,14,17). The van der Waals surface area contributed by atoms with Gasteiger partial charge < -0.3 is 5.11 Å². The zero-order valence-electron chi connectivity index (χ0n) is 10.1. The van der Waals surface area contributed by atoms with E-state index >= 15 is 0 Å². The third kappa shape index (κ3) is 2.97. The Balaban J connectivity index is 2.03. The molecule has 0 aromatic heterocycles. The number of hydrogen-bond acceptors (Lipinski definition) is 3. The van der Waals surface area contributed by atoms with Gasteiger partial charge in [-0.05, 0) is 37.5 Å². The Morgan fingerprint density at radius 3 is 2.65 bits per heavy atom. The van der Waals surface area contributed by atoms with E-state index < -0.39 is 0 Å². The predicted octanol–water partition coefficient (Wildman–Crippen LogP) is 1.83. The molecule has 1 heterocycles. The van der Waals surface area contributed by atoms with Crippen LogP contribution >= 0.6 is 0 Å². The van der Waals surface area contributed by atoms with Gasteiger partial charge in [0.15, 0.2) is 0 Å². The Kier molecular flexibility index (Phi) is 3.64. The van der Waals surface area contributed by atoms with Crippen molar-refractivity contribution in [1.82, 2.24) is 10.4 Å². The second-order valence-corrected chi connectivity index (χ2v) is 4.51. The van der Waals surface area contributed by atoms with Crippen LogP contribution in [0.2, 0.25) is 0 Å². The smallest absolute Gasteiger partial charge is 0.269 e. The highest BCUT2D eigenvalue weighted by atomic mass is 16.3. The lowest BCUT2D eigenvalue weighted by Gasteiger charge is -2.26. The maximum atomic E-state index is 11.9. The number of hydrogen-bond donors (Lipinski definition) is 2. The maximum Gasteiger partial charge on any atom is 0.269 e. The summed E-state index contributed by atoms with van der Waals surface area (Å²) in [5.41, 5.74) is 4.11. The highest BCUT2D eigenvalue weighted by Gasteiger charge is 2.16. The Morgan fingerprint density at radius 1 is 1.29 bits per heavy atom. The molecule has 4 heteroatoms. The first-order valence-corrected chi connectivity index (χ1v) is 6.02. The summed E-state index contributed by atoms with van der Waals surface area (Å²) in [7, 11) is 0. The monoisotopic (exact) mass is 234 g/mol. The molecule has 4 nitrogen and oxygen atoms in total. The van der Waals surface area contributed by atoms with Crippen LogP contribution in [0.25, 0.3) is 0 Å². The van der Waals surface area contributed by atoms with Crippen molar-refractivity contribution in [3.8, 4) is 5.75 Å². The molecule has 2 N–H and O–H groups in total. The molecule has 0 aliphatic carbocycles. The third-order valence-electron chi connectivity index (χ3n) is 3.01. The summed E-state index contributed by atoms with van der Waals surface area (Å²) in [6, 6.07) is 5.08. The summed E-state index contributed by atoms with van der Waals surface area (Å²) in [5.74, 6) is -0.191. The largest absolute Gasteiger partial charge is 0.507 e. The molecule has 17 heavy (non-hydrogen) atoms. The van der Waals surface area contributed by atoms with E-state index in [1.807, 2.05) is 18.0 Å². The maximum absolute atomic E-state index is 11.9. The van der Waals surface area contributed by atoms with Gasteiger partial charge in [-0.15, -0.1) is 0 Å². The van der Waals surface area contributed by atoms with E-state index in [0.29, 0.717) is 5.56 Å². The summed E-state index contributed by atoms with van der Waals surface area (Å²) >= 11 is 0. The first-order valence-electron chi connectivity index (χ1n) is 6.02. The number of piperidine rings is 1. The number of carbonyl (C=O) groups is 1. The molecule has 0 atom stereocenters. The van der Waals surface area contributed by atoms with Crippen LogP contribution in [-0.2, 0) is 0 Å². The van der Waals surface area contributed by atoms with Crippen molar-refractivity contribution >= 4 is 5.91 Å². The van der Waals surface area contributed by atoms with Gasteiger partial charge in [-0.3, -0.25) is 10.2 Å². The number of benzene rings is 1. The van der Waals surface area contributed by atoms with Crippen LogP contribution in [0.3, 0.4) is 0 Å². The fraction of sp³-hybridized carbons (Fsp3) is 0.462. The van der Waals surface area contributed by atoms with Crippen LogP contribution in [0.15, 0.2) is 18.2 Å². The van der Waals surface area contributed by atoms with Gasteiger partial charge in [0.25, 0.3) is 5.91 Å². The molecule has 0 saturated carbocycles. The van der Waals surface area contributed by atoms with Gasteiger partial charge >= 0.3 is 0 Å². The van der Waals surface area contributed by atoms with Crippen LogP contribution in [0.5, 0.6) is 5.75 Å². The summed E-state index contributed by atoms with van der Waals surface area (Å²) in [6.45, 7) is 3.66. The zero-order valence-corrected chi connectivity index (χ0v) is 10.1. The van der Waals surface area contributed by atoms with Gasteiger partial charge in [0, 0.05) is 13.1 Å². The number of phenols is 1. The number of aryl methyl sites for hydroxylation is 1. The van der Waals surface area contributed by atoms with Crippen LogP contribution in [-0.4, -0.2) is 29.1 Å². The Labute approximate surface area is 101 Å². The highest BCUT2D eigenvalue weighted by molar-refractivity contribution is 5.96. The molecule has 1 fully saturated rings. The van der Waals surface area contributed by atoms with E-state index in [-0.39, 0.29) is 11.7 Å². The lowest BCUT2D eigenvalue weighted by molar-refractivity contribution is 0.0747. The van der Waals surface area contributed by atoms with Crippen LogP contribution in [0.4, 0.5) is 0 Å². The molecule has 1 saturated heterocycles. The van der Waals surface area contributed by atoms with Gasteiger partial charge in [-0.1, -0.05) is 12.5 Å². The number of hydrazine groups is 1. The zero-order chi connectivity index (χ0) is 12.3. The second-order valence-electron chi connectivity index (χ2n) is 4.51. The van der Waals surface area contributed by atoms with E-state index in [1.54, 1.807) is 12.1 Å². The van der Waals surface area contributed by atoms with Gasteiger partial charge in [-0.25, -0.2) is 5.01 Å². The molecule has 1 aromatic carbocycles. The van der Waals surface area contributed by atoms with Crippen LogP contribution in [0, 0.1) is 6.92 Å². The number of carbonyl (C=O) groups excluding carboxylic acids is 1. The van der Waals surface area contributed by atoms with E-state index in [1.165, 1.54) is 6.42 Å². The van der Waals surface area contributed by atoms with Crippen LogP contribution in [0.1, 0.15) is 35.2 Å². The number of rotatable bonds is 2. The Hall–Kier alpha value is -1.55. The summed E-state index contributed by atoms with van der Waals surface area (Å²) in [5, 5.41) is 11.6. The van der Waals surface area contributed by atoms with Gasteiger partial charge in [-0.2, -0.15) is 0 Å². The van der Waals surface area contributed by atoms with Crippen molar-refractivity contribution < 1.29 is 9.90 Å². The van der Waals surface area contributed by atoms with E-state index in [9.17, 15) is 9.90 Å². The molecule has 2 rings (SSSR count). The number of nitrogens with zero attached hydrogens (tertiary/aromatic N) is 1. The van der Waals surface area contributed by atoms with Crippen molar-refractivity contribution in [2.45, 2.75) is 26.2 Å². The number of aromatic hydroxyl groups is 1. The molecule has 1 aromatic rings. The first kappa shape index (κ1) is 11.9. The minimum absolute atomic E-state index is 0.0412. The average molecular weight is 234 g/mol. The van der Waals surface area contributed by atoms with Crippen molar-refractivity contribution in [2.75, 3.05) is 13.1 Å². The fourth-order valence-corrected chi connectivity index (χ4v) is 2.04. The molecule has 0 radical (unpaired) electrons. The summed E-state index contributed by atoms with van der Waals surface area (Å²) < 4.78 is 0. The SMILES string of the molecule is Cc1ccc(C(=O)NN2CCCCC2)c(O)c1. The molecular formula is C13H18N2O2. The van der Waals surface area contributed by atoms with E-state index in [0.717, 1.165) is 31.5 Å². The third-order valence-corrected chi connectivity index (χ3v) is 3.01. The number of nitrogens with one attached hydrogen (secondary N) is 1. The van der Waals surface area contributed by atoms with Crippen molar-refractivity contribution in [3.63, 3.8) is 0 Å². The fourth-order valence-electron chi connectivity index (χ4n) is 2.04. The van der Waals surface area contributed by atoms with E-state index in [2.05, 4.69) is 5.43 Å². The highest BCUT2D eigenvalue weighted by Crippen LogP contribution is 2.18. The minimum Gasteiger partial charge on any atom is -0.507 e. The van der Waals surface area contributed by atoms with Crippen LogP contribution < -0.4 is 5.43 Å². The Morgan fingerprint density at radius 2 is 2.00 bits per heavy atom. The number of amides is 1. The molecule has 0 unspecified atom stereocenters. The second kappa shape index (κ2) is 5.19. The molecule has 0 spiro atoms. The van der Waals surface area contributed by atoms with Gasteiger partial charge in [0.1, 0.15) is 5.75 Å². The van der Waals surface area contributed by atoms with Crippen molar-refractivity contribution in [2.24, 2.45) is 0 Å². The molecule has 1 amide bonds. The summed E-state index contributed by atoms with van der Waals surface area (Å²) in [4.78, 5) is 11.9. The topological polar surface area (TPSA) is 52.6 Å². The normalized spacial score (nSPS) is 16.8. The predicted molar refractivity (Wildman–Crippen MR) is 65.7 cm³/mol. The lowest BCUT2D eigenvalue weighted by atomic mass is 10.1. The molecule has 1 aliphatic rings. The first-order chi connectivity index (χ1) is 8.16. The number of phenolic OH excluding ortho intramolecular Hbond substituents is 1. The van der Waals surface area contributed by atoms with Gasteiger partial charge in [0.05, 0.1) is 5.56 Å².